The third-order valence-electron chi connectivity index (χ3n) is 7.54. The van der Waals surface area contributed by atoms with Crippen LogP contribution in [0.2, 0.25) is 0 Å². The van der Waals surface area contributed by atoms with E-state index in [0.717, 1.165) is 27.4 Å². The van der Waals surface area contributed by atoms with Crippen LogP contribution in [-0.4, -0.2) is 80.1 Å². The lowest BCUT2D eigenvalue weighted by molar-refractivity contribution is -0.142. The fourth-order valence-electron chi connectivity index (χ4n) is 5.11. The van der Waals surface area contributed by atoms with Crippen LogP contribution < -0.4 is 27.4 Å². The number of hydrogen-bond acceptors (Lipinski definition) is 7. The third kappa shape index (κ3) is 8.25. The molecule has 0 aliphatic rings. The Bertz CT molecular complexity index is 1700. The molecule has 2 heterocycles. The van der Waals surface area contributed by atoms with E-state index in [9.17, 15) is 34.2 Å². The number of carbonyl (C=O) groups excluding carboxylic acids is 4. The highest BCUT2D eigenvalue weighted by atomic mass is 16.4. The number of aromatic amines is 2. The number of aromatic nitrogens is 2. The van der Waals surface area contributed by atoms with Gasteiger partial charge in [0.25, 0.3) is 0 Å². The summed E-state index contributed by atoms with van der Waals surface area (Å²) in [6, 6.07) is 9.37. The van der Waals surface area contributed by atoms with E-state index >= 15 is 0 Å². The predicted octanol–water partition coefficient (Wildman–Crippen LogP) is -0.0530. The highest BCUT2D eigenvalue weighted by molar-refractivity contribution is 5.95. The normalized spacial score (nSPS) is 14.6. The number of carbonyl (C=O) groups is 5. The molecule has 0 saturated carbocycles. The first-order chi connectivity index (χ1) is 21.4. The molecule has 5 unspecified atom stereocenters. The van der Waals surface area contributed by atoms with Gasteiger partial charge >= 0.3 is 5.97 Å². The summed E-state index contributed by atoms with van der Waals surface area (Å²) in [5, 5.41) is 29.2. The standard InChI is InChI=1S/C31H37N7O7/c1-16(39)27(38-28(41)21(32)12-17-14-34-22-8-4-2-6-19(17)22)30(43)36-24(10-11-26(33)40)29(42)37-25(31(44)45)13-18-15-35-23-9-5-3-7-20(18)23/h2-9,14-16,21,24-25,27,34-35,39H,10-13,32H2,1H3,(H2,33,40)(H,36,43)(H,37,42)(H,38,41)(H,44,45). The molecule has 0 aliphatic carbocycles. The first-order valence-corrected chi connectivity index (χ1v) is 14.4. The van der Waals surface area contributed by atoms with E-state index in [0.29, 0.717) is 5.56 Å². The second-order valence-corrected chi connectivity index (χ2v) is 10.9. The van der Waals surface area contributed by atoms with E-state index in [1.807, 2.05) is 42.5 Å². The summed E-state index contributed by atoms with van der Waals surface area (Å²) in [4.78, 5) is 69.3. The van der Waals surface area contributed by atoms with Crippen LogP contribution in [0.4, 0.5) is 0 Å². The molecule has 45 heavy (non-hydrogen) atoms. The fourth-order valence-corrected chi connectivity index (χ4v) is 5.11. The molecule has 5 atom stereocenters. The van der Waals surface area contributed by atoms with Crippen LogP contribution in [0, 0.1) is 0 Å². The van der Waals surface area contributed by atoms with Gasteiger partial charge in [0.15, 0.2) is 0 Å². The summed E-state index contributed by atoms with van der Waals surface area (Å²) >= 11 is 0. The second-order valence-electron chi connectivity index (χ2n) is 10.9. The molecule has 14 nitrogen and oxygen atoms in total. The molecular formula is C31H37N7O7. The van der Waals surface area contributed by atoms with Crippen LogP contribution in [0.25, 0.3) is 21.8 Å². The Labute approximate surface area is 257 Å². The van der Waals surface area contributed by atoms with Crippen LogP contribution in [0.1, 0.15) is 30.9 Å². The van der Waals surface area contributed by atoms with E-state index in [1.54, 1.807) is 18.5 Å². The number of nitrogens with two attached hydrogens (primary N) is 2. The summed E-state index contributed by atoms with van der Waals surface area (Å²) in [6.45, 7) is 1.27. The van der Waals surface area contributed by atoms with Gasteiger partial charge in [0.2, 0.25) is 23.6 Å². The quantitative estimate of drug-likeness (QED) is 0.0871. The van der Waals surface area contributed by atoms with E-state index in [1.165, 1.54) is 6.92 Å². The molecule has 0 bridgehead atoms. The summed E-state index contributed by atoms with van der Waals surface area (Å²) < 4.78 is 0. The maximum absolute atomic E-state index is 13.3. The summed E-state index contributed by atoms with van der Waals surface area (Å²) in [6.07, 6.45) is 1.50. The number of carboxylic acid groups (broad SMARTS) is 1. The Balaban J connectivity index is 1.44. The zero-order valence-electron chi connectivity index (χ0n) is 24.6. The lowest BCUT2D eigenvalue weighted by Crippen LogP contribution is -2.60. The molecule has 2 aromatic heterocycles. The molecular weight excluding hydrogens is 582 g/mol. The molecule has 11 N–H and O–H groups in total. The van der Waals surface area contributed by atoms with Gasteiger partial charge < -0.3 is 47.6 Å². The number of primary amides is 1. The van der Waals surface area contributed by atoms with E-state index in [4.69, 9.17) is 11.5 Å². The number of benzene rings is 2. The van der Waals surface area contributed by atoms with Crippen LogP contribution >= 0.6 is 0 Å². The molecule has 0 spiro atoms. The van der Waals surface area contributed by atoms with E-state index in [2.05, 4.69) is 25.9 Å². The van der Waals surface area contributed by atoms with Crippen LogP contribution in [0.5, 0.6) is 0 Å². The first kappa shape index (κ1) is 32.7. The minimum atomic E-state index is -1.52. The fraction of sp³-hybridized carbons (Fsp3) is 0.323. The van der Waals surface area contributed by atoms with E-state index < -0.39 is 59.9 Å². The van der Waals surface area contributed by atoms with Crippen LogP contribution in [-0.2, 0) is 36.8 Å². The first-order valence-electron chi connectivity index (χ1n) is 14.4. The number of aliphatic hydroxyl groups excluding tert-OH is 1. The van der Waals surface area contributed by atoms with Crippen molar-refractivity contribution in [1.82, 2.24) is 25.9 Å². The number of aliphatic hydroxyl groups is 1. The number of fused-ring (bicyclic) bond motifs is 2. The van der Waals surface area contributed by atoms with Gasteiger partial charge in [-0.25, -0.2) is 4.79 Å². The predicted molar refractivity (Wildman–Crippen MR) is 166 cm³/mol. The Hall–Kier alpha value is -5.21. The average Bonchev–Trinajstić information content (AvgIpc) is 3.61. The molecule has 238 valence electrons. The van der Waals surface area contributed by atoms with Gasteiger partial charge in [-0.3, -0.25) is 19.2 Å². The van der Waals surface area contributed by atoms with Crippen molar-refractivity contribution >= 4 is 51.4 Å². The van der Waals surface area contributed by atoms with Crippen molar-refractivity contribution in [1.29, 1.82) is 0 Å². The third-order valence-corrected chi connectivity index (χ3v) is 7.54. The largest absolute Gasteiger partial charge is 0.480 e. The van der Waals surface area contributed by atoms with Gasteiger partial charge in [0.05, 0.1) is 12.1 Å². The van der Waals surface area contributed by atoms with Crippen molar-refractivity contribution in [3.8, 4) is 0 Å². The van der Waals surface area contributed by atoms with Crippen molar-refractivity contribution < 1.29 is 34.2 Å². The Kier molecular flexibility index (Phi) is 10.5. The molecule has 4 aromatic rings. The zero-order chi connectivity index (χ0) is 32.7. The van der Waals surface area contributed by atoms with Crippen molar-refractivity contribution in [2.24, 2.45) is 11.5 Å². The summed E-state index contributed by atoms with van der Waals surface area (Å²) in [5.74, 6) is -4.61. The van der Waals surface area contributed by atoms with E-state index in [-0.39, 0.29) is 25.7 Å². The molecule has 0 radical (unpaired) electrons. The minimum absolute atomic E-state index is 0.0672. The molecule has 2 aromatic carbocycles. The number of hydrogen-bond donors (Lipinski definition) is 9. The highest BCUT2D eigenvalue weighted by Crippen LogP contribution is 2.20. The monoisotopic (exact) mass is 619 g/mol. The number of aliphatic carboxylic acids is 1. The minimum Gasteiger partial charge on any atom is -0.480 e. The Morgan fingerprint density at radius 3 is 1.84 bits per heavy atom. The molecule has 4 amide bonds. The maximum Gasteiger partial charge on any atom is 0.326 e. The van der Waals surface area contributed by atoms with Gasteiger partial charge in [0.1, 0.15) is 18.1 Å². The van der Waals surface area contributed by atoms with Crippen molar-refractivity contribution in [2.45, 2.75) is 62.9 Å². The topological polar surface area (TPSA) is 246 Å². The SMILES string of the molecule is CC(O)C(NC(=O)C(N)Cc1c[nH]c2ccccc12)C(=O)NC(CCC(N)=O)C(=O)NC(Cc1c[nH]c2ccccc12)C(=O)O. The average molecular weight is 620 g/mol. The van der Waals surface area contributed by atoms with Gasteiger partial charge in [-0.2, -0.15) is 0 Å². The van der Waals surface area contributed by atoms with Crippen molar-refractivity contribution in [3.05, 3.63) is 72.1 Å². The second kappa shape index (κ2) is 14.5. The Morgan fingerprint density at radius 2 is 1.31 bits per heavy atom. The molecule has 0 fully saturated rings. The van der Waals surface area contributed by atoms with Gasteiger partial charge in [0, 0.05) is 47.0 Å². The smallest absolute Gasteiger partial charge is 0.326 e. The number of H-pyrrole nitrogens is 2. The van der Waals surface area contributed by atoms with Crippen LogP contribution in [0.3, 0.4) is 0 Å². The maximum atomic E-state index is 13.3. The lowest BCUT2D eigenvalue weighted by atomic mass is 10.0. The number of nitrogens with one attached hydrogen (secondary N) is 5. The Morgan fingerprint density at radius 1 is 0.778 bits per heavy atom. The zero-order valence-corrected chi connectivity index (χ0v) is 24.6. The van der Waals surface area contributed by atoms with Gasteiger partial charge in [-0.15, -0.1) is 0 Å². The van der Waals surface area contributed by atoms with Crippen molar-refractivity contribution in [3.63, 3.8) is 0 Å². The molecule has 0 aliphatic heterocycles. The van der Waals surface area contributed by atoms with Gasteiger partial charge in [-0.1, -0.05) is 36.4 Å². The van der Waals surface area contributed by atoms with Crippen LogP contribution in [0.15, 0.2) is 60.9 Å². The summed E-state index contributed by atoms with van der Waals surface area (Å²) in [7, 11) is 0. The molecule has 14 heteroatoms. The number of para-hydroxylation sites is 2. The molecule has 4 rings (SSSR count). The highest BCUT2D eigenvalue weighted by Gasteiger charge is 2.33. The van der Waals surface area contributed by atoms with Gasteiger partial charge in [-0.05, 0) is 43.0 Å². The summed E-state index contributed by atoms with van der Waals surface area (Å²) in [5.41, 5.74) is 14.5. The number of rotatable bonds is 15. The van der Waals surface area contributed by atoms with Crippen molar-refractivity contribution in [2.75, 3.05) is 0 Å². The lowest BCUT2D eigenvalue weighted by Gasteiger charge is -2.26. The molecule has 0 saturated heterocycles. The number of carboxylic acids is 1. The number of amides is 4.